The number of phenolic OH excluding ortho intramolecular Hbond substituents is 2. The average Bonchev–Trinajstić information content (AvgIpc) is 3.56. The molecule has 0 aromatic heterocycles. The van der Waals surface area contributed by atoms with Crippen LogP contribution in [0.1, 0.15) is 24.0 Å². The molecular weight excluding hydrogens is 518 g/mol. The van der Waals surface area contributed by atoms with E-state index in [2.05, 4.69) is 26.6 Å². The Morgan fingerprint density at radius 3 is 2.66 bits per heavy atom. The highest BCUT2D eigenvalue weighted by Crippen LogP contribution is 2.54. The Balaban J connectivity index is 1.43. The molecule has 0 saturated carbocycles. The number of nitrogens with zero attached hydrogens (tertiary/aromatic N) is 1. The second-order valence-corrected chi connectivity index (χ2v) is 10.6. The van der Waals surface area contributed by atoms with Crippen molar-refractivity contribution in [3.05, 3.63) is 52.0 Å². The quantitative estimate of drug-likeness (QED) is 0.344. The zero-order valence-electron chi connectivity index (χ0n) is 18.7. The summed E-state index contributed by atoms with van der Waals surface area (Å²) in [5.74, 6) is -3.25. The average molecular weight is 542 g/mol. The van der Waals surface area contributed by atoms with Crippen LogP contribution in [0.3, 0.4) is 0 Å². The fraction of sp³-hybridized carbons (Fsp3) is 0.400. The number of likely N-dealkylation sites (tertiary alicyclic amines) is 1. The first-order chi connectivity index (χ1) is 16.8. The molecule has 0 radical (unpaired) electrons. The molecule has 3 fully saturated rings. The molecule has 4 aliphatic rings. The summed E-state index contributed by atoms with van der Waals surface area (Å²) in [6.07, 6.45) is 1.75. The second kappa shape index (κ2) is 8.04. The van der Waals surface area contributed by atoms with Gasteiger partial charge in [0.05, 0.1) is 24.5 Å². The molecule has 0 unspecified atom stereocenters. The summed E-state index contributed by atoms with van der Waals surface area (Å²) in [6.45, 7) is 0.788. The first-order valence-electron chi connectivity index (χ1n) is 11.7. The van der Waals surface area contributed by atoms with Gasteiger partial charge in [-0.05, 0) is 55.2 Å². The lowest BCUT2D eigenvalue weighted by molar-refractivity contribution is -0.144. The summed E-state index contributed by atoms with van der Waals surface area (Å²) >= 11 is 3.47. The van der Waals surface area contributed by atoms with E-state index in [4.69, 9.17) is 4.74 Å². The van der Waals surface area contributed by atoms with Crippen LogP contribution in [0.5, 0.6) is 11.5 Å². The van der Waals surface area contributed by atoms with E-state index in [-0.39, 0.29) is 48.3 Å². The van der Waals surface area contributed by atoms with Crippen LogP contribution in [-0.4, -0.2) is 58.1 Å². The highest BCUT2D eigenvalue weighted by atomic mass is 79.9. The molecule has 182 valence electrons. The number of aromatic hydroxyl groups is 2. The lowest BCUT2D eigenvalue weighted by Gasteiger charge is -2.30. The minimum Gasteiger partial charge on any atom is -0.504 e. The largest absolute Gasteiger partial charge is 0.504 e. The molecule has 5 atom stereocenters. The number of anilines is 1. The van der Waals surface area contributed by atoms with Crippen molar-refractivity contribution >= 4 is 39.3 Å². The van der Waals surface area contributed by atoms with Crippen LogP contribution in [0.25, 0.3) is 0 Å². The Bertz CT molecular complexity index is 1260. The van der Waals surface area contributed by atoms with Gasteiger partial charge < -0.3 is 20.3 Å². The third kappa shape index (κ3) is 3.30. The van der Waals surface area contributed by atoms with Crippen LogP contribution < -0.4 is 10.6 Å². The lowest BCUT2D eigenvalue weighted by atomic mass is 9.76. The van der Waals surface area contributed by atoms with Crippen LogP contribution in [0.15, 0.2) is 40.9 Å². The van der Waals surface area contributed by atoms with Crippen molar-refractivity contribution < 1.29 is 29.3 Å². The number of phenols is 2. The van der Waals surface area contributed by atoms with Crippen molar-refractivity contribution in [2.24, 2.45) is 11.8 Å². The number of nitrogens with one attached hydrogen (secondary N) is 2. The molecule has 3 saturated heterocycles. The van der Waals surface area contributed by atoms with Crippen molar-refractivity contribution in [3.63, 3.8) is 0 Å². The smallest absolute Gasteiger partial charge is 0.250 e. The third-order valence-electron chi connectivity index (χ3n) is 7.67. The van der Waals surface area contributed by atoms with Gasteiger partial charge in [0.2, 0.25) is 17.7 Å². The molecule has 0 aliphatic carbocycles. The van der Waals surface area contributed by atoms with Crippen LogP contribution in [0.2, 0.25) is 0 Å². The van der Waals surface area contributed by atoms with Crippen molar-refractivity contribution in [3.8, 4) is 11.5 Å². The summed E-state index contributed by atoms with van der Waals surface area (Å²) in [4.78, 5) is 42.4. The number of hydrogen-bond donors (Lipinski definition) is 4. The van der Waals surface area contributed by atoms with Crippen LogP contribution in [-0.2, 0) is 31.1 Å². The summed E-state index contributed by atoms with van der Waals surface area (Å²) in [6, 6.07) is 9.32. The van der Waals surface area contributed by atoms with Crippen molar-refractivity contribution in [1.29, 1.82) is 0 Å². The van der Waals surface area contributed by atoms with Crippen LogP contribution in [0.4, 0.5) is 5.69 Å². The zero-order valence-corrected chi connectivity index (χ0v) is 20.2. The van der Waals surface area contributed by atoms with Crippen molar-refractivity contribution in [2.75, 3.05) is 18.5 Å². The normalized spacial score (nSPS) is 31.3. The molecule has 1 spiro atoms. The minimum absolute atomic E-state index is 0.181. The van der Waals surface area contributed by atoms with Gasteiger partial charge >= 0.3 is 0 Å². The topological polar surface area (TPSA) is 128 Å². The standard InChI is InChI=1S/C25H24BrN3O6/c26-13-4-5-16-15(10-13)25(24(34)27-16)21-20(17(28-25)8-12-3-6-18(30)19(31)9-12)22(32)29(23(21)33)11-14-2-1-7-35-14/h3-6,9-10,14,17,20-21,28,30-31H,1-2,7-8,11H2,(H,27,34)/t14-,17+,20+,21-,25-/m0/s1. The molecule has 6 rings (SSSR count). The number of ether oxygens (including phenoxy) is 1. The van der Waals surface area contributed by atoms with Crippen LogP contribution >= 0.6 is 15.9 Å². The van der Waals surface area contributed by atoms with Crippen molar-refractivity contribution in [1.82, 2.24) is 10.2 Å². The summed E-state index contributed by atoms with van der Waals surface area (Å²) < 4.78 is 6.45. The Morgan fingerprint density at radius 2 is 1.91 bits per heavy atom. The maximum absolute atomic E-state index is 13.8. The predicted molar refractivity (Wildman–Crippen MR) is 128 cm³/mol. The van der Waals surface area contributed by atoms with E-state index in [1.165, 1.54) is 17.0 Å². The number of hydrogen-bond acceptors (Lipinski definition) is 7. The van der Waals surface area contributed by atoms with Gasteiger partial charge in [0.15, 0.2) is 11.5 Å². The number of rotatable bonds is 4. The van der Waals surface area contributed by atoms with Crippen LogP contribution in [0, 0.1) is 11.8 Å². The van der Waals surface area contributed by atoms with E-state index in [1.807, 2.05) is 12.1 Å². The Hall–Kier alpha value is -2.95. The van der Waals surface area contributed by atoms with Gasteiger partial charge in [0.25, 0.3) is 0 Å². The Labute approximate surface area is 209 Å². The molecule has 4 heterocycles. The number of imide groups is 1. The third-order valence-corrected chi connectivity index (χ3v) is 8.17. The molecule has 35 heavy (non-hydrogen) atoms. The molecule has 4 aliphatic heterocycles. The minimum atomic E-state index is -1.40. The maximum Gasteiger partial charge on any atom is 0.250 e. The monoisotopic (exact) mass is 541 g/mol. The molecule has 4 N–H and O–H groups in total. The highest BCUT2D eigenvalue weighted by molar-refractivity contribution is 9.10. The van der Waals surface area contributed by atoms with E-state index in [1.54, 1.807) is 12.1 Å². The number of carbonyl (C=O) groups excluding carboxylic acids is 3. The summed E-state index contributed by atoms with van der Waals surface area (Å²) in [7, 11) is 0. The first kappa shape index (κ1) is 22.5. The SMILES string of the molecule is O=C1[C@H]2[C@@H](C(=O)N1C[C@@H]1CCCO1)[C@]1(N[C@@H]2Cc2ccc(O)c(O)c2)C(=O)Nc2ccc(Br)cc21. The molecule has 9 nitrogen and oxygen atoms in total. The fourth-order valence-corrected chi connectivity index (χ4v) is 6.49. The van der Waals surface area contributed by atoms with E-state index in [9.17, 15) is 24.6 Å². The van der Waals surface area contributed by atoms with Gasteiger partial charge in [-0.25, -0.2) is 0 Å². The van der Waals surface area contributed by atoms with E-state index >= 15 is 0 Å². The second-order valence-electron chi connectivity index (χ2n) is 9.66. The molecule has 2 aromatic carbocycles. The Kier molecular flexibility index (Phi) is 5.17. The zero-order chi connectivity index (χ0) is 24.5. The maximum atomic E-state index is 13.8. The molecule has 10 heteroatoms. The van der Waals surface area contributed by atoms with Gasteiger partial charge in [0.1, 0.15) is 5.54 Å². The van der Waals surface area contributed by atoms with Crippen molar-refractivity contribution in [2.45, 2.75) is 36.9 Å². The molecular formula is C25H24BrN3O6. The first-order valence-corrected chi connectivity index (χ1v) is 12.5. The summed E-state index contributed by atoms with van der Waals surface area (Å²) in [5.41, 5.74) is 0.498. The summed E-state index contributed by atoms with van der Waals surface area (Å²) in [5, 5.41) is 26.0. The fourth-order valence-electron chi connectivity index (χ4n) is 6.13. The molecule has 0 bridgehead atoms. The van der Waals surface area contributed by atoms with Gasteiger partial charge in [-0.1, -0.05) is 22.0 Å². The number of benzene rings is 2. The predicted octanol–water partition coefficient (Wildman–Crippen LogP) is 2.00. The molecule has 3 amide bonds. The van der Waals surface area contributed by atoms with Gasteiger partial charge in [-0.2, -0.15) is 0 Å². The van der Waals surface area contributed by atoms with Gasteiger partial charge in [0, 0.05) is 28.4 Å². The highest BCUT2D eigenvalue weighted by Gasteiger charge is 2.70. The number of fused-ring (bicyclic) bond motifs is 4. The lowest BCUT2D eigenvalue weighted by Crippen LogP contribution is -2.54. The van der Waals surface area contributed by atoms with E-state index in [0.29, 0.717) is 23.4 Å². The van der Waals surface area contributed by atoms with E-state index in [0.717, 1.165) is 17.3 Å². The van der Waals surface area contributed by atoms with E-state index < -0.39 is 23.4 Å². The van der Waals surface area contributed by atoms with Gasteiger partial charge in [-0.3, -0.25) is 24.6 Å². The Morgan fingerprint density at radius 1 is 1.09 bits per heavy atom. The number of amides is 3. The molecule has 2 aromatic rings. The van der Waals surface area contributed by atoms with Gasteiger partial charge in [-0.15, -0.1) is 0 Å². The number of carbonyl (C=O) groups is 3. The number of halogens is 1.